The van der Waals surface area contributed by atoms with Crippen LogP contribution in [0, 0.1) is 0 Å². The van der Waals surface area contributed by atoms with Crippen molar-refractivity contribution in [3.8, 4) is 0 Å². The van der Waals surface area contributed by atoms with Crippen molar-refractivity contribution in [3.63, 3.8) is 0 Å². The van der Waals surface area contributed by atoms with Gasteiger partial charge in [0.05, 0.1) is 30.0 Å². The topological polar surface area (TPSA) is 97.0 Å². The molecule has 2 aromatic carbocycles. The Kier molecular flexibility index (Phi) is 7.00. The van der Waals surface area contributed by atoms with Crippen molar-refractivity contribution in [2.24, 2.45) is 0 Å². The van der Waals surface area contributed by atoms with Gasteiger partial charge in [0.2, 0.25) is 0 Å². The van der Waals surface area contributed by atoms with Crippen molar-refractivity contribution in [3.05, 3.63) is 58.7 Å². The number of carbonyl (C=O) groups excluding carboxylic acids is 3. The standard InChI is InChI=1S/C26H31N3O5/c1-26(2,3)34-25(32)28-20-10-9-19(27-11-6-12-29-13-15-33-16-14-29)21-22(20)24(31)18-8-5-4-7-17(18)23(21)30/h4-5,7-10,27H,6,11-16H2,1-3H3,(H,28,32). The maximum Gasteiger partial charge on any atom is 0.412 e. The van der Waals surface area contributed by atoms with Gasteiger partial charge < -0.3 is 14.8 Å². The Morgan fingerprint density at radius 3 is 2.18 bits per heavy atom. The monoisotopic (exact) mass is 465 g/mol. The molecule has 0 unspecified atom stereocenters. The summed E-state index contributed by atoms with van der Waals surface area (Å²) >= 11 is 0. The number of morpholine rings is 1. The molecule has 8 heteroatoms. The predicted octanol–water partition coefficient (Wildman–Crippen LogP) is 3.94. The van der Waals surface area contributed by atoms with Gasteiger partial charge in [-0.2, -0.15) is 0 Å². The average Bonchev–Trinajstić information content (AvgIpc) is 2.80. The minimum Gasteiger partial charge on any atom is -0.444 e. The van der Waals surface area contributed by atoms with Crippen molar-refractivity contribution >= 4 is 29.0 Å². The normalized spacial score (nSPS) is 16.0. The summed E-state index contributed by atoms with van der Waals surface area (Å²) in [6, 6.07) is 10.1. The Hall–Kier alpha value is -3.23. The fraction of sp³-hybridized carbons (Fsp3) is 0.423. The lowest BCUT2D eigenvalue weighted by Crippen LogP contribution is -2.37. The SMILES string of the molecule is CC(C)(C)OC(=O)Nc1ccc(NCCCN2CCOCC2)c2c1C(=O)c1ccccc1C2=O. The van der Waals surface area contributed by atoms with Gasteiger partial charge in [0, 0.05) is 36.4 Å². The summed E-state index contributed by atoms with van der Waals surface area (Å²) in [5, 5.41) is 6.00. The number of ketones is 2. The number of ether oxygens (including phenoxy) is 2. The molecule has 1 saturated heterocycles. The van der Waals surface area contributed by atoms with Gasteiger partial charge in [0.15, 0.2) is 11.6 Å². The molecular formula is C26H31N3O5. The highest BCUT2D eigenvalue weighted by atomic mass is 16.6. The highest BCUT2D eigenvalue weighted by Gasteiger charge is 2.34. The largest absolute Gasteiger partial charge is 0.444 e. The van der Waals surface area contributed by atoms with Gasteiger partial charge in [-0.25, -0.2) is 4.79 Å². The molecule has 0 saturated carbocycles. The van der Waals surface area contributed by atoms with E-state index in [4.69, 9.17) is 9.47 Å². The zero-order chi connectivity index (χ0) is 24.3. The van der Waals surface area contributed by atoms with Crippen molar-refractivity contribution in [1.29, 1.82) is 0 Å². The van der Waals surface area contributed by atoms with Crippen molar-refractivity contribution in [2.75, 3.05) is 50.0 Å². The van der Waals surface area contributed by atoms with Gasteiger partial charge in [-0.05, 0) is 45.9 Å². The minimum absolute atomic E-state index is 0.188. The van der Waals surface area contributed by atoms with Crippen LogP contribution in [0.25, 0.3) is 0 Å². The van der Waals surface area contributed by atoms with Crippen LogP contribution in [0.3, 0.4) is 0 Å². The molecule has 0 aromatic heterocycles. The fourth-order valence-electron chi connectivity index (χ4n) is 4.24. The molecule has 0 radical (unpaired) electrons. The molecule has 0 bridgehead atoms. The summed E-state index contributed by atoms with van der Waals surface area (Å²) in [6.07, 6.45) is 0.200. The molecule has 2 N–H and O–H groups in total. The molecule has 2 aliphatic rings. The summed E-state index contributed by atoms with van der Waals surface area (Å²) in [4.78, 5) is 41.7. The Morgan fingerprint density at radius 1 is 0.971 bits per heavy atom. The predicted molar refractivity (Wildman–Crippen MR) is 130 cm³/mol. The lowest BCUT2D eigenvalue weighted by atomic mass is 9.82. The zero-order valence-corrected chi connectivity index (χ0v) is 19.9. The number of hydrogen-bond acceptors (Lipinski definition) is 7. The first-order chi connectivity index (χ1) is 16.2. The molecule has 1 aliphatic carbocycles. The van der Waals surface area contributed by atoms with E-state index in [1.54, 1.807) is 57.2 Å². The van der Waals surface area contributed by atoms with Crippen LogP contribution in [0.5, 0.6) is 0 Å². The molecule has 1 aliphatic heterocycles. The number of fused-ring (bicyclic) bond motifs is 2. The Bertz CT molecular complexity index is 1100. The van der Waals surface area contributed by atoms with Gasteiger partial charge in [0.25, 0.3) is 0 Å². The van der Waals surface area contributed by atoms with E-state index in [9.17, 15) is 14.4 Å². The third kappa shape index (κ3) is 5.29. The smallest absolute Gasteiger partial charge is 0.412 e. The van der Waals surface area contributed by atoms with Crippen molar-refractivity contribution in [2.45, 2.75) is 32.8 Å². The summed E-state index contributed by atoms with van der Waals surface area (Å²) < 4.78 is 10.7. The number of nitrogens with one attached hydrogen (secondary N) is 2. The zero-order valence-electron chi connectivity index (χ0n) is 19.9. The van der Waals surface area contributed by atoms with Crippen LogP contribution in [0.4, 0.5) is 16.2 Å². The highest BCUT2D eigenvalue weighted by molar-refractivity contribution is 6.32. The molecule has 34 heavy (non-hydrogen) atoms. The first-order valence-corrected chi connectivity index (χ1v) is 11.6. The van der Waals surface area contributed by atoms with E-state index in [-0.39, 0.29) is 28.4 Å². The lowest BCUT2D eigenvalue weighted by molar-refractivity contribution is 0.0378. The van der Waals surface area contributed by atoms with E-state index in [0.717, 1.165) is 39.3 Å². The Balaban J connectivity index is 1.60. The number of carbonyl (C=O) groups is 3. The van der Waals surface area contributed by atoms with E-state index < -0.39 is 11.7 Å². The number of anilines is 2. The summed E-state index contributed by atoms with van der Waals surface area (Å²) in [7, 11) is 0. The van der Waals surface area contributed by atoms with E-state index in [0.29, 0.717) is 23.4 Å². The van der Waals surface area contributed by atoms with Crippen LogP contribution >= 0.6 is 0 Å². The van der Waals surface area contributed by atoms with Crippen LogP contribution in [-0.4, -0.2) is 67.6 Å². The minimum atomic E-state index is -0.696. The number of nitrogens with zero attached hydrogens (tertiary/aromatic N) is 1. The van der Waals surface area contributed by atoms with Crippen LogP contribution in [0.1, 0.15) is 59.0 Å². The highest BCUT2D eigenvalue weighted by Crippen LogP contribution is 2.36. The molecule has 1 heterocycles. The van der Waals surface area contributed by atoms with Crippen LogP contribution in [-0.2, 0) is 9.47 Å². The molecule has 1 amide bonds. The third-order valence-corrected chi connectivity index (χ3v) is 5.78. The van der Waals surface area contributed by atoms with E-state index >= 15 is 0 Å². The molecule has 0 spiro atoms. The molecule has 0 atom stereocenters. The fourth-order valence-corrected chi connectivity index (χ4v) is 4.24. The molecule has 8 nitrogen and oxygen atoms in total. The third-order valence-electron chi connectivity index (χ3n) is 5.78. The molecule has 1 fully saturated rings. The molecular weight excluding hydrogens is 434 g/mol. The van der Waals surface area contributed by atoms with Gasteiger partial charge in [-0.3, -0.25) is 19.8 Å². The molecule has 4 rings (SSSR count). The number of amides is 1. The quantitative estimate of drug-likeness (QED) is 0.532. The second-order valence-corrected chi connectivity index (χ2v) is 9.48. The summed E-state index contributed by atoms with van der Waals surface area (Å²) in [5.74, 6) is -0.540. The summed E-state index contributed by atoms with van der Waals surface area (Å²) in [6.45, 7) is 10.2. The lowest BCUT2D eigenvalue weighted by Gasteiger charge is -2.27. The summed E-state index contributed by atoms with van der Waals surface area (Å²) in [5.41, 5.74) is 1.31. The maximum atomic E-state index is 13.5. The van der Waals surface area contributed by atoms with Gasteiger partial charge >= 0.3 is 6.09 Å². The van der Waals surface area contributed by atoms with Crippen LogP contribution in [0.15, 0.2) is 36.4 Å². The number of hydrogen-bond donors (Lipinski definition) is 2. The molecule has 180 valence electrons. The van der Waals surface area contributed by atoms with Crippen LogP contribution in [0.2, 0.25) is 0 Å². The van der Waals surface area contributed by atoms with Crippen LogP contribution < -0.4 is 10.6 Å². The van der Waals surface area contributed by atoms with Gasteiger partial charge in [-0.1, -0.05) is 24.3 Å². The molecule has 2 aromatic rings. The van der Waals surface area contributed by atoms with E-state index in [1.807, 2.05) is 0 Å². The van der Waals surface area contributed by atoms with Crippen molar-refractivity contribution in [1.82, 2.24) is 4.90 Å². The van der Waals surface area contributed by atoms with Gasteiger partial charge in [0.1, 0.15) is 5.60 Å². The second-order valence-electron chi connectivity index (χ2n) is 9.48. The number of benzene rings is 2. The van der Waals surface area contributed by atoms with Crippen molar-refractivity contribution < 1.29 is 23.9 Å². The maximum absolute atomic E-state index is 13.5. The Labute approximate surface area is 199 Å². The van der Waals surface area contributed by atoms with Gasteiger partial charge in [-0.15, -0.1) is 0 Å². The first kappa shape index (κ1) is 23.9. The Morgan fingerprint density at radius 2 is 1.56 bits per heavy atom. The first-order valence-electron chi connectivity index (χ1n) is 11.6. The van der Waals surface area contributed by atoms with E-state index in [1.165, 1.54) is 0 Å². The average molecular weight is 466 g/mol. The second kappa shape index (κ2) is 9.95. The number of rotatable bonds is 6. The van der Waals surface area contributed by atoms with E-state index in [2.05, 4.69) is 15.5 Å².